The molecule has 1 N–H and O–H groups in total. The van der Waals surface area contributed by atoms with Crippen LogP contribution in [-0.4, -0.2) is 44.2 Å². The van der Waals surface area contributed by atoms with Crippen LogP contribution < -0.4 is 5.32 Å². The summed E-state index contributed by atoms with van der Waals surface area (Å²) >= 11 is 6.09. The Balaban J connectivity index is 2.18. The third kappa shape index (κ3) is 4.11. The summed E-state index contributed by atoms with van der Waals surface area (Å²) < 4.78 is 5.46. The topological polar surface area (TPSA) is 41.6 Å². The zero-order valence-electron chi connectivity index (χ0n) is 12.9. The summed E-state index contributed by atoms with van der Waals surface area (Å²) in [5.74, 6) is -0.0201. The van der Waals surface area contributed by atoms with Crippen molar-refractivity contribution < 1.29 is 9.53 Å². The molecule has 0 radical (unpaired) electrons. The van der Waals surface area contributed by atoms with Gasteiger partial charge in [-0.05, 0) is 43.9 Å². The maximum absolute atomic E-state index is 12.3. The molecule has 21 heavy (non-hydrogen) atoms. The lowest BCUT2D eigenvalue weighted by atomic mass is 9.92. The van der Waals surface area contributed by atoms with Crippen molar-refractivity contribution >= 4 is 23.2 Å². The number of hydrogen-bond donors (Lipinski definition) is 1. The van der Waals surface area contributed by atoms with E-state index in [2.05, 4.69) is 5.32 Å². The number of carbonyl (C=O) groups is 1. The number of benzene rings is 1. The largest absolute Gasteiger partial charge is 0.382 e. The van der Waals surface area contributed by atoms with Crippen molar-refractivity contribution in [2.24, 2.45) is 0 Å². The maximum Gasteiger partial charge on any atom is 0.255 e. The molecule has 1 aliphatic carbocycles. The van der Waals surface area contributed by atoms with E-state index in [4.69, 9.17) is 16.3 Å². The minimum absolute atomic E-state index is 0.0201. The average molecular weight is 311 g/mol. The van der Waals surface area contributed by atoms with Crippen molar-refractivity contribution in [2.45, 2.75) is 37.8 Å². The number of anilines is 1. The number of nitrogens with one attached hydrogen (secondary N) is 1. The molecule has 1 aliphatic rings. The number of nitrogens with zero attached hydrogens (tertiary/aromatic N) is 1. The lowest BCUT2D eigenvalue weighted by molar-refractivity contribution is 0.0669. The molecule has 1 saturated carbocycles. The number of methoxy groups -OCH3 is 1. The molecule has 5 heteroatoms. The van der Waals surface area contributed by atoms with Crippen molar-refractivity contribution in [1.82, 2.24) is 4.90 Å². The van der Waals surface area contributed by atoms with Gasteiger partial charge in [0.05, 0.1) is 11.7 Å². The molecule has 0 heterocycles. The van der Waals surface area contributed by atoms with Crippen molar-refractivity contribution in [3.8, 4) is 0 Å². The molecule has 2 atom stereocenters. The third-order valence-corrected chi connectivity index (χ3v) is 4.17. The van der Waals surface area contributed by atoms with Crippen molar-refractivity contribution in [3.63, 3.8) is 0 Å². The van der Waals surface area contributed by atoms with E-state index in [1.165, 1.54) is 0 Å². The fraction of sp³-hybridized carbons (Fsp3) is 0.562. The molecule has 0 aromatic heterocycles. The van der Waals surface area contributed by atoms with Crippen LogP contribution in [-0.2, 0) is 4.74 Å². The van der Waals surface area contributed by atoms with Crippen LogP contribution in [0.15, 0.2) is 18.2 Å². The smallest absolute Gasteiger partial charge is 0.255 e. The Morgan fingerprint density at radius 3 is 2.81 bits per heavy atom. The molecule has 2 rings (SSSR count). The highest BCUT2D eigenvalue weighted by Gasteiger charge is 2.23. The van der Waals surface area contributed by atoms with Crippen LogP contribution in [0.5, 0.6) is 0 Å². The van der Waals surface area contributed by atoms with Gasteiger partial charge in [-0.15, -0.1) is 0 Å². The van der Waals surface area contributed by atoms with E-state index in [1.807, 2.05) is 6.07 Å². The van der Waals surface area contributed by atoms with Crippen LogP contribution >= 0.6 is 11.6 Å². The first kappa shape index (κ1) is 16.1. The molecule has 1 aromatic carbocycles. The Morgan fingerprint density at radius 1 is 1.38 bits per heavy atom. The van der Waals surface area contributed by atoms with Crippen LogP contribution in [0, 0.1) is 0 Å². The minimum atomic E-state index is -0.0201. The van der Waals surface area contributed by atoms with Crippen LogP contribution in [0.3, 0.4) is 0 Å². The van der Waals surface area contributed by atoms with Gasteiger partial charge in [-0.2, -0.15) is 0 Å². The molecule has 1 fully saturated rings. The third-order valence-electron chi connectivity index (χ3n) is 3.94. The Morgan fingerprint density at radius 2 is 2.14 bits per heavy atom. The van der Waals surface area contributed by atoms with Gasteiger partial charge in [0.1, 0.15) is 0 Å². The highest BCUT2D eigenvalue weighted by atomic mass is 35.5. The van der Waals surface area contributed by atoms with E-state index in [9.17, 15) is 4.79 Å². The van der Waals surface area contributed by atoms with Gasteiger partial charge in [0.2, 0.25) is 0 Å². The predicted molar refractivity (Wildman–Crippen MR) is 86.1 cm³/mol. The zero-order valence-corrected chi connectivity index (χ0v) is 13.6. The van der Waals surface area contributed by atoms with E-state index >= 15 is 0 Å². The van der Waals surface area contributed by atoms with Crippen molar-refractivity contribution in [1.29, 1.82) is 0 Å². The van der Waals surface area contributed by atoms with E-state index in [0.29, 0.717) is 22.7 Å². The van der Waals surface area contributed by atoms with Gasteiger partial charge in [0, 0.05) is 38.0 Å². The lowest BCUT2D eigenvalue weighted by Crippen LogP contribution is -2.32. The summed E-state index contributed by atoms with van der Waals surface area (Å²) in [5, 5.41) is 4.11. The first-order valence-electron chi connectivity index (χ1n) is 7.31. The van der Waals surface area contributed by atoms with Gasteiger partial charge in [-0.1, -0.05) is 11.6 Å². The van der Waals surface area contributed by atoms with Gasteiger partial charge in [-0.25, -0.2) is 0 Å². The molecule has 1 aromatic rings. The monoisotopic (exact) mass is 310 g/mol. The molecule has 2 unspecified atom stereocenters. The second-order valence-electron chi connectivity index (χ2n) is 5.76. The Kier molecular flexibility index (Phi) is 5.48. The number of carbonyl (C=O) groups excluding carboxylic acids is 1. The standard InChI is InChI=1S/C16H23ClN2O2/c1-19(2)16(20)14-8-7-11(17)9-15(14)18-12-5-4-6-13(10-12)21-3/h7-9,12-13,18H,4-6,10H2,1-3H3. The molecule has 4 nitrogen and oxygen atoms in total. The molecule has 116 valence electrons. The molecule has 0 spiro atoms. The number of hydrogen-bond acceptors (Lipinski definition) is 3. The summed E-state index contributed by atoms with van der Waals surface area (Å²) in [6.45, 7) is 0. The minimum Gasteiger partial charge on any atom is -0.382 e. The Hall–Kier alpha value is -1.26. The maximum atomic E-state index is 12.3. The van der Waals surface area contributed by atoms with Crippen molar-refractivity contribution in [2.75, 3.05) is 26.5 Å². The van der Waals surface area contributed by atoms with Crippen LogP contribution in [0.2, 0.25) is 5.02 Å². The summed E-state index contributed by atoms with van der Waals surface area (Å²) in [4.78, 5) is 13.8. The van der Waals surface area contributed by atoms with E-state index in [-0.39, 0.29) is 5.91 Å². The van der Waals surface area contributed by atoms with Gasteiger partial charge in [0.25, 0.3) is 5.91 Å². The first-order chi connectivity index (χ1) is 10.0. The van der Waals surface area contributed by atoms with Gasteiger partial charge >= 0.3 is 0 Å². The number of rotatable bonds is 4. The van der Waals surface area contributed by atoms with E-state index < -0.39 is 0 Å². The fourth-order valence-electron chi connectivity index (χ4n) is 2.77. The lowest BCUT2D eigenvalue weighted by Gasteiger charge is -2.30. The van der Waals surface area contributed by atoms with Gasteiger partial charge in [-0.3, -0.25) is 4.79 Å². The molecule has 0 aliphatic heterocycles. The second kappa shape index (κ2) is 7.14. The van der Waals surface area contributed by atoms with E-state index in [0.717, 1.165) is 31.4 Å². The number of ether oxygens (including phenoxy) is 1. The molecule has 1 amide bonds. The second-order valence-corrected chi connectivity index (χ2v) is 6.19. The van der Waals surface area contributed by atoms with Crippen LogP contribution in [0.1, 0.15) is 36.0 Å². The number of halogens is 1. The molecule has 0 saturated heterocycles. The van der Waals surface area contributed by atoms with Crippen molar-refractivity contribution in [3.05, 3.63) is 28.8 Å². The molecular weight excluding hydrogens is 288 g/mol. The first-order valence-corrected chi connectivity index (χ1v) is 7.69. The van der Waals surface area contributed by atoms with Crippen LogP contribution in [0.25, 0.3) is 0 Å². The van der Waals surface area contributed by atoms with Gasteiger partial charge < -0.3 is 15.0 Å². The Labute approximate surface area is 131 Å². The Bertz CT molecular complexity index is 505. The summed E-state index contributed by atoms with van der Waals surface area (Å²) in [6, 6.07) is 5.68. The molecular formula is C16H23ClN2O2. The fourth-order valence-corrected chi connectivity index (χ4v) is 2.95. The van der Waals surface area contributed by atoms with E-state index in [1.54, 1.807) is 38.2 Å². The molecule has 0 bridgehead atoms. The summed E-state index contributed by atoms with van der Waals surface area (Å²) in [5.41, 5.74) is 1.46. The average Bonchev–Trinajstić information content (AvgIpc) is 2.47. The van der Waals surface area contributed by atoms with Crippen LogP contribution in [0.4, 0.5) is 5.69 Å². The van der Waals surface area contributed by atoms with Gasteiger partial charge in [0.15, 0.2) is 0 Å². The SMILES string of the molecule is COC1CCCC(Nc2cc(Cl)ccc2C(=O)N(C)C)C1. The normalized spacial score (nSPS) is 21.9. The summed E-state index contributed by atoms with van der Waals surface area (Å²) in [7, 11) is 5.26. The zero-order chi connectivity index (χ0) is 15.4. The highest BCUT2D eigenvalue weighted by Crippen LogP contribution is 2.28. The highest BCUT2D eigenvalue weighted by molar-refractivity contribution is 6.31. The predicted octanol–water partition coefficient (Wildman–Crippen LogP) is 3.41. The summed E-state index contributed by atoms with van der Waals surface area (Å²) in [6.07, 6.45) is 4.57. The quantitative estimate of drug-likeness (QED) is 0.926. The number of amides is 1.